The van der Waals surface area contributed by atoms with E-state index >= 15 is 0 Å². The van der Waals surface area contributed by atoms with Crippen LogP contribution < -0.4 is 14.7 Å². The molecule has 174 valence electrons. The van der Waals surface area contributed by atoms with E-state index in [1.807, 2.05) is 0 Å². The molecule has 0 amide bonds. The minimum Gasteiger partial charge on any atom is -0.544 e. The number of hydrogen-bond donors (Lipinski definition) is 2. The van der Waals surface area contributed by atoms with E-state index in [0.29, 0.717) is 4.90 Å². The van der Waals surface area contributed by atoms with Gasteiger partial charge < -0.3 is 14.8 Å². The largest absolute Gasteiger partial charge is 0.544 e. The zero-order valence-electron chi connectivity index (χ0n) is 14.9. The van der Waals surface area contributed by atoms with Crippen LogP contribution >= 0.6 is 0 Å². The second-order valence-electron chi connectivity index (χ2n) is 6.40. The molecule has 0 bridgehead atoms. The first-order valence-corrected chi connectivity index (χ1v) is 9.56. The molecule has 0 aliphatic carbocycles. The van der Waals surface area contributed by atoms with Gasteiger partial charge in [-0.1, -0.05) is 0 Å². The van der Waals surface area contributed by atoms with Crippen LogP contribution in [0.2, 0.25) is 0 Å². The first-order chi connectivity index (χ1) is 12.7. The van der Waals surface area contributed by atoms with Crippen molar-refractivity contribution in [2.45, 2.75) is 43.2 Å². The highest BCUT2D eigenvalue weighted by Gasteiger charge is 2.74. The summed E-state index contributed by atoms with van der Waals surface area (Å²) in [7, 11) is -3.08. The number of halogens is 9. The van der Waals surface area contributed by atoms with Gasteiger partial charge in [0.25, 0.3) is 5.92 Å². The topological polar surface area (TPSA) is 90.7 Å². The van der Waals surface area contributed by atoms with Crippen molar-refractivity contribution in [1.82, 2.24) is 4.72 Å². The van der Waals surface area contributed by atoms with Gasteiger partial charge in [-0.15, -0.1) is 0 Å². The number of aliphatic carboxylic acids is 1. The molecule has 0 aliphatic rings. The van der Waals surface area contributed by atoms with Crippen LogP contribution in [0.5, 0.6) is 0 Å². The highest BCUT2D eigenvalue weighted by molar-refractivity contribution is 7.89. The molecule has 29 heavy (non-hydrogen) atoms. The van der Waals surface area contributed by atoms with Crippen LogP contribution in [0.15, 0.2) is 0 Å². The van der Waals surface area contributed by atoms with Crippen molar-refractivity contribution in [3.63, 3.8) is 0 Å². The van der Waals surface area contributed by atoms with Crippen LogP contribution in [0.4, 0.5) is 39.5 Å². The third kappa shape index (κ3) is 9.37. The fraction of sp³-hybridized carbons (Fsp3) is 0.923. The number of quaternary nitrogens is 1. The van der Waals surface area contributed by atoms with Crippen LogP contribution in [-0.2, 0) is 14.8 Å². The third-order valence-electron chi connectivity index (χ3n) is 3.69. The zero-order chi connectivity index (χ0) is 23.3. The predicted octanol–water partition coefficient (Wildman–Crippen LogP) is -0.191. The summed E-state index contributed by atoms with van der Waals surface area (Å²) in [5.41, 5.74) is -6.20. The Kier molecular flexibility index (Phi) is 9.25. The van der Waals surface area contributed by atoms with E-state index in [0.717, 1.165) is 0 Å². The van der Waals surface area contributed by atoms with Crippen molar-refractivity contribution in [3.05, 3.63) is 0 Å². The molecule has 0 saturated carbocycles. The second-order valence-corrected chi connectivity index (χ2v) is 8.33. The Morgan fingerprint density at radius 3 is 1.90 bits per heavy atom. The van der Waals surface area contributed by atoms with Gasteiger partial charge in [-0.2, -0.15) is 26.3 Å². The molecule has 0 heterocycles. The van der Waals surface area contributed by atoms with Crippen LogP contribution in [0.1, 0.15) is 19.3 Å². The van der Waals surface area contributed by atoms with Crippen molar-refractivity contribution in [2.24, 2.45) is 0 Å². The van der Waals surface area contributed by atoms with E-state index < -0.39 is 58.5 Å². The van der Waals surface area contributed by atoms with Crippen molar-refractivity contribution < 1.29 is 62.7 Å². The van der Waals surface area contributed by atoms with Gasteiger partial charge in [-0.3, -0.25) is 0 Å². The van der Waals surface area contributed by atoms with Crippen molar-refractivity contribution in [2.75, 3.05) is 32.4 Å². The monoisotopic (exact) mass is 470 g/mol. The molecule has 0 rings (SSSR count). The number of likely N-dealkylation sites (N-methyl/N-ethyl adjacent to an activating group) is 1. The Morgan fingerprint density at radius 1 is 1.00 bits per heavy atom. The molecule has 1 unspecified atom stereocenters. The van der Waals surface area contributed by atoms with Crippen LogP contribution in [0, 0.1) is 0 Å². The number of carbonyl (C=O) groups is 1. The maximum absolute atomic E-state index is 13.5. The van der Waals surface area contributed by atoms with Gasteiger partial charge in [0.15, 0.2) is 0 Å². The quantitative estimate of drug-likeness (QED) is 0.306. The predicted molar refractivity (Wildman–Crippen MR) is 78.2 cm³/mol. The number of nitrogens with one attached hydrogen (secondary N) is 2. The number of sulfonamides is 1. The molecule has 2 N–H and O–H groups in total. The van der Waals surface area contributed by atoms with Crippen LogP contribution in [0.3, 0.4) is 0 Å². The number of carbonyl (C=O) groups excluding carboxylic acids is 1. The molecule has 6 nitrogen and oxygen atoms in total. The van der Waals surface area contributed by atoms with E-state index in [-0.39, 0.29) is 26.1 Å². The van der Waals surface area contributed by atoms with Gasteiger partial charge in [0.1, 0.15) is 6.54 Å². The highest BCUT2D eigenvalue weighted by atomic mass is 32.2. The standard InChI is InChI=1S/C13H19F9N2O4S/c1-24(7-9(25)26)5-2-4-23-29(27,28)6-3-10(14,15)8-11(16,12(17,18)19)13(20,21)22/h23H,2-8H2,1H3,(H,25,26). The molecule has 0 aromatic carbocycles. The molecule has 0 saturated heterocycles. The fourth-order valence-electron chi connectivity index (χ4n) is 2.11. The molecule has 1 atom stereocenters. The summed E-state index contributed by atoms with van der Waals surface area (Å²) in [6, 6.07) is 0. The second kappa shape index (κ2) is 9.68. The number of carboxylic acid groups (broad SMARTS) is 1. The van der Waals surface area contributed by atoms with E-state index in [9.17, 15) is 57.8 Å². The third-order valence-corrected chi connectivity index (χ3v) is 5.07. The van der Waals surface area contributed by atoms with Gasteiger partial charge in [-0.05, 0) is 0 Å². The van der Waals surface area contributed by atoms with Gasteiger partial charge in [0, 0.05) is 19.4 Å². The zero-order valence-corrected chi connectivity index (χ0v) is 15.7. The first kappa shape index (κ1) is 27.7. The molecular formula is C13H19F9N2O4S. The highest BCUT2D eigenvalue weighted by Crippen LogP contribution is 2.51. The lowest BCUT2D eigenvalue weighted by molar-refractivity contribution is -0.873. The minimum absolute atomic E-state index is 0.0461. The summed E-state index contributed by atoms with van der Waals surface area (Å²) in [5.74, 6) is -7.84. The summed E-state index contributed by atoms with van der Waals surface area (Å²) in [5, 5.41) is 10.3. The summed E-state index contributed by atoms with van der Waals surface area (Å²) >= 11 is 0. The number of rotatable bonds is 12. The van der Waals surface area contributed by atoms with Gasteiger partial charge in [0.05, 0.1) is 31.7 Å². The molecule has 0 spiro atoms. The van der Waals surface area contributed by atoms with E-state index in [2.05, 4.69) is 0 Å². The normalized spacial score (nSPS) is 15.4. The Hall–Kier alpha value is -1.29. The Balaban J connectivity index is 4.79. The average Bonchev–Trinajstić information content (AvgIpc) is 2.46. The summed E-state index contributed by atoms with van der Waals surface area (Å²) in [4.78, 5) is 10.7. The minimum atomic E-state index is -6.67. The number of hydrogen-bond acceptors (Lipinski definition) is 4. The van der Waals surface area contributed by atoms with Crippen molar-refractivity contribution >= 4 is 16.0 Å². The fourth-order valence-corrected chi connectivity index (χ4v) is 3.28. The van der Waals surface area contributed by atoms with E-state index in [1.54, 1.807) is 4.72 Å². The van der Waals surface area contributed by atoms with Gasteiger partial charge in [0.2, 0.25) is 10.0 Å². The van der Waals surface area contributed by atoms with Crippen molar-refractivity contribution in [3.8, 4) is 0 Å². The Bertz CT molecular complexity index is 636. The van der Waals surface area contributed by atoms with Gasteiger partial charge in [-0.25, -0.2) is 26.3 Å². The van der Waals surface area contributed by atoms with E-state index in [1.165, 1.54) is 7.05 Å². The van der Waals surface area contributed by atoms with E-state index in [4.69, 9.17) is 0 Å². The van der Waals surface area contributed by atoms with Crippen LogP contribution in [0.25, 0.3) is 0 Å². The van der Waals surface area contributed by atoms with Crippen LogP contribution in [-0.4, -0.2) is 70.8 Å². The molecule has 0 radical (unpaired) electrons. The summed E-state index contributed by atoms with van der Waals surface area (Å²) < 4.78 is 139. The molecular weight excluding hydrogens is 451 g/mol. The summed E-state index contributed by atoms with van der Waals surface area (Å²) in [6.45, 7) is -0.604. The maximum atomic E-state index is 13.5. The molecule has 0 aromatic rings. The lowest BCUT2D eigenvalue weighted by Gasteiger charge is -2.32. The molecule has 0 fully saturated rings. The first-order valence-electron chi connectivity index (χ1n) is 7.91. The SMILES string of the molecule is C[NH+](CCCNS(=O)(=O)CCC(F)(F)CC(F)(C(F)(F)F)C(F)(F)F)CC(=O)[O-]. The molecule has 16 heteroatoms. The lowest BCUT2D eigenvalue weighted by atomic mass is 9.94. The maximum Gasteiger partial charge on any atom is 0.431 e. The Morgan fingerprint density at radius 2 is 1.48 bits per heavy atom. The smallest absolute Gasteiger partial charge is 0.431 e. The Labute approximate surface area is 160 Å². The molecule has 0 aromatic heterocycles. The molecule has 0 aliphatic heterocycles. The number of alkyl halides is 9. The average molecular weight is 470 g/mol. The van der Waals surface area contributed by atoms with Gasteiger partial charge >= 0.3 is 18.0 Å². The summed E-state index contributed by atoms with van der Waals surface area (Å²) in [6.07, 6.45) is -18.6. The van der Waals surface area contributed by atoms with Crippen molar-refractivity contribution in [1.29, 1.82) is 0 Å². The number of carboxylic acids is 1. The lowest BCUT2D eigenvalue weighted by Crippen LogP contribution is -3.10.